The SMILES string of the molecule is C=CCNS(=O)(=O)c1cccc(C(=O)N(C)CCOc2ccccc2F)c1. The molecule has 0 fully saturated rings. The van der Waals surface area contributed by atoms with Crippen molar-refractivity contribution in [2.45, 2.75) is 4.90 Å². The molecule has 0 aliphatic heterocycles. The van der Waals surface area contributed by atoms with Crippen LogP contribution in [0.1, 0.15) is 10.4 Å². The lowest BCUT2D eigenvalue weighted by Crippen LogP contribution is -2.31. The molecule has 0 radical (unpaired) electrons. The Kier molecular flexibility index (Phi) is 7.09. The summed E-state index contributed by atoms with van der Waals surface area (Å²) < 4.78 is 45.5. The van der Waals surface area contributed by atoms with E-state index >= 15 is 0 Å². The first-order chi connectivity index (χ1) is 12.8. The Morgan fingerprint density at radius 1 is 1.26 bits per heavy atom. The van der Waals surface area contributed by atoms with Gasteiger partial charge in [-0.2, -0.15) is 0 Å². The number of carbonyl (C=O) groups excluding carboxylic acids is 1. The molecule has 1 amide bonds. The fourth-order valence-electron chi connectivity index (χ4n) is 2.22. The highest BCUT2D eigenvalue weighted by Gasteiger charge is 2.17. The van der Waals surface area contributed by atoms with Crippen LogP contribution in [-0.4, -0.2) is 46.0 Å². The fraction of sp³-hybridized carbons (Fsp3) is 0.211. The van der Waals surface area contributed by atoms with E-state index < -0.39 is 15.8 Å². The Morgan fingerprint density at radius 2 is 2.00 bits per heavy atom. The van der Waals surface area contributed by atoms with Crippen LogP contribution in [0.3, 0.4) is 0 Å². The van der Waals surface area contributed by atoms with E-state index in [1.807, 2.05) is 0 Å². The highest BCUT2D eigenvalue weighted by atomic mass is 32.2. The summed E-state index contributed by atoms with van der Waals surface area (Å²) in [5.41, 5.74) is 0.227. The van der Waals surface area contributed by atoms with Crippen molar-refractivity contribution in [3.05, 3.63) is 72.6 Å². The van der Waals surface area contributed by atoms with Gasteiger partial charge in [0, 0.05) is 19.2 Å². The Morgan fingerprint density at radius 3 is 2.70 bits per heavy atom. The van der Waals surface area contributed by atoms with Gasteiger partial charge in [0.2, 0.25) is 10.0 Å². The summed E-state index contributed by atoms with van der Waals surface area (Å²) in [6.07, 6.45) is 1.43. The number of hydrogen-bond acceptors (Lipinski definition) is 4. The van der Waals surface area contributed by atoms with Gasteiger partial charge in [0.1, 0.15) is 6.61 Å². The molecule has 0 aliphatic rings. The minimum absolute atomic E-state index is 0.00814. The van der Waals surface area contributed by atoms with E-state index in [2.05, 4.69) is 11.3 Å². The molecule has 0 spiro atoms. The van der Waals surface area contributed by atoms with Crippen LogP contribution >= 0.6 is 0 Å². The third-order valence-electron chi connectivity index (χ3n) is 3.68. The second-order valence-corrected chi connectivity index (χ2v) is 7.44. The predicted molar refractivity (Wildman–Crippen MR) is 101 cm³/mol. The second kappa shape index (κ2) is 9.29. The minimum Gasteiger partial charge on any atom is -0.489 e. The maximum absolute atomic E-state index is 13.5. The summed E-state index contributed by atoms with van der Waals surface area (Å²) in [5.74, 6) is -0.732. The molecular weight excluding hydrogens is 371 g/mol. The first kappa shape index (κ1) is 20.6. The van der Waals surface area contributed by atoms with Crippen LogP contribution in [0.25, 0.3) is 0 Å². The standard InChI is InChI=1S/C19H21FN2O4S/c1-3-11-21-27(24,25)16-8-6-7-15(14-16)19(23)22(2)12-13-26-18-10-5-4-9-17(18)20/h3-10,14,21H,1,11-13H2,2H3. The summed E-state index contributed by atoms with van der Waals surface area (Å²) in [4.78, 5) is 13.9. The summed E-state index contributed by atoms with van der Waals surface area (Å²) in [6, 6.07) is 11.7. The number of benzene rings is 2. The molecule has 0 bridgehead atoms. The average Bonchev–Trinajstić information content (AvgIpc) is 2.67. The van der Waals surface area contributed by atoms with Crippen molar-refractivity contribution < 1.29 is 22.3 Å². The van der Waals surface area contributed by atoms with Crippen LogP contribution in [0.4, 0.5) is 4.39 Å². The van der Waals surface area contributed by atoms with E-state index in [-0.39, 0.29) is 41.8 Å². The molecule has 0 aromatic heterocycles. The van der Waals surface area contributed by atoms with Crippen LogP contribution in [-0.2, 0) is 10.0 Å². The van der Waals surface area contributed by atoms with E-state index in [9.17, 15) is 17.6 Å². The number of likely N-dealkylation sites (N-methyl/N-ethyl adjacent to an activating group) is 1. The Hall–Kier alpha value is -2.71. The molecule has 0 unspecified atom stereocenters. The molecular formula is C19H21FN2O4S. The molecule has 0 aliphatic carbocycles. The van der Waals surface area contributed by atoms with Gasteiger partial charge >= 0.3 is 0 Å². The van der Waals surface area contributed by atoms with Gasteiger partial charge in [-0.15, -0.1) is 6.58 Å². The zero-order valence-electron chi connectivity index (χ0n) is 14.9. The van der Waals surface area contributed by atoms with E-state index in [0.717, 1.165) is 0 Å². The van der Waals surface area contributed by atoms with Gasteiger partial charge < -0.3 is 9.64 Å². The summed E-state index contributed by atoms with van der Waals surface area (Å²) in [6.45, 7) is 3.86. The van der Waals surface area contributed by atoms with Gasteiger partial charge in [0.25, 0.3) is 5.91 Å². The van der Waals surface area contributed by atoms with Crippen molar-refractivity contribution in [3.63, 3.8) is 0 Å². The largest absolute Gasteiger partial charge is 0.489 e. The van der Waals surface area contributed by atoms with Gasteiger partial charge in [0.15, 0.2) is 11.6 Å². The van der Waals surface area contributed by atoms with Crippen molar-refractivity contribution in [2.24, 2.45) is 0 Å². The average molecular weight is 392 g/mol. The van der Waals surface area contributed by atoms with Crippen LogP contribution in [0.15, 0.2) is 66.1 Å². The molecule has 2 aromatic rings. The number of ether oxygens (including phenoxy) is 1. The molecule has 6 nitrogen and oxygen atoms in total. The molecule has 27 heavy (non-hydrogen) atoms. The number of para-hydroxylation sites is 1. The molecule has 0 saturated carbocycles. The van der Waals surface area contributed by atoms with Crippen LogP contribution in [0.5, 0.6) is 5.75 Å². The normalized spacial score (nSPS) is 11.0. The Labute approximate surface area is 158 Å². The molecule has 2 aromatic carbocycles. The van der Waals surface area contributed by atoms with Crippen LogP contribution in [0.2, 0.25) is 0 Å². The van der Waals surface area contributed by atoms with Gasteiger partial charge in [-0.05, 0) is 30.3 Å². The predicted octanol–water partition coefficient (Wildman–Crippen LogP) is 2.44. The Balaban J connectivity index is 2.01. The van der Waals surface area contributed by atoms with E-state index in [1.165, 1.54) is 47.4 Å². The van der Waals surface area contributed by atoms with Crippen molar-refractivity contribution in [1.29, 1.82) is 0 Å². The van der Waals surface area contributed by atoms with E-state index in [1.54, 1.807) is 19.2 Å². The number of carbonyl (C=O) groups is 1. The highest BCUT2D eigenvalue weighted by molar-refractivity contribution is 7.89. The lowest BCUT2D eigenvalue weighted by atomic mass is 10.2. The first-order valence-corrected chi connectivity index (χ1v) is 9.67. The smallest absolute Gasteiger partial charge is 0.253 e. The van der Waals surface area contributed by atoms with Gasteiger partial charge in [-0.25, -0.2) is 17.5 Å². The van der Waals surface area contributed by atoms with E-state index in [4.69, 9.17) is 4.74 Å². The van der Waals surface area contributed by atoms with Gasteiger partial charge in [-0.3, -0.25) is 4.79 Å². The third-order valence-corrected chi connectivity index (χ3v) is 5.10. The fourth-order valence-corrected chi connectivity index (χ4v) is 3.27. The molecule has 0 saturated heterocycles. The topological polar surface area (TPSA) is 75.7 Å². The minimum atomic E-state index is -3.72. The van der Waals surface area contributed by atoms with Gasteiger partial charge in [-0.1, -0.05) is 24.3 Å². The summed E-state index contributed by atoms with van der Waals surface area (Å²) in [7, 11) is -2.16. The van der Waals surface area contributed by atoms with Crippen molar-refractivity contribution >= 4 is 15.9 Å². The molecule has 8 heteroatoms. The molecule has 1 N–H and O–H groups in total. The van der Waals surface area contributed by atoms with Gasteiger partial charge in [0.05, 0.1) is 11.4 Å². The number of rotatable bonds is 9. The monoisotopic (exact) mass is 392 g/mol. The molecule has 0 heterocycles. The number of nitrogens with one attached hydrogen (secondary N) is 1. The number of nitrogens with zero attached hydrogens (tertiary/aromatic N) is 1. The summed E-state index contributed by atoms with van der Waals surface area (Å²) >= 11 is 0. The second-order valence-electron chi connectivity index (χ2n) is 5.67. The number of hydrogen-bond donors (Lipinski definition) is 1. The zero-order chi connectivity index (χ0) is 19.9. The van der Waals surface area contributed by atoms with Crippen molar-refractivity contribution in [3.8, 4) is 5.75 Å². The highest BCUT2D eigenvalue weighted by Crippen LogP contribution is 2.16. The number of amides is 1. The number of sulfonamides is 1. The molecule has 144 valence electrons. The maximum Gasteiger partial charge on any atom is 0.253 e. The third kappa shape index (κ3) is 5.63. The summed E-state index contributed by atoms with van der Waals surface area (Å²) in [5, 5.41) is 0. The quantitative estimate of drug-likeness (QED) is 0.665. The Bertz CT molecular complexity index is 915. The van der Waals surface area contributed by atoms with E-state index in [0.29, 0.717) is 0 Å². The lowest BCUT2D eigenvalue weighted by Gasteiger charge is -2.18. The molecule has 0 atom stereocenters. The molecule has 2 rings (SSSR count). The lowest BCUT2D eigenvalue weighted by molar-refractivity contribution is 0.0772. The van der Waals surface area contributed by atoms with Crippen molar-refractivity contribution in [2.75, 3.05) is 26.7 Å². The van der Waals surface area contributed by atoms with Crippen LogP contribution < -0.4 is 9.46 Å². The number of halogens is 1. The van der Waals surface area contributed by atoms with Crippen molar-refractivity contribution in [1.82, 2.24) is 9.62 Å². The maximum atomic E-state index is 13.5. The first-order valence-electron chi connectivity index (χ1n) is 8.18. The zero-order valence-corrected chi connectivity index (χ0v) is 15.7. The van der Waals surface area contributed by atoms with Crippen LogP contribution in [0, 0.1) is 5.82 Å².